The fraction of sp³-hybridized carbons (Fsp3) is 0.350. The van der Waals surface area contributed by atoms with Gasteiger partial charge < -0.3 is 5.32 Å². The fourth-order valence-corrected chi connectivity index (χ4v) is 4.48. The van der Waals surface area contributed by atoms with Crippen LogP contribution >= 0.6 is 23.2 Å². The quantitative estimate of drug-likeness (QED) is 0.653. The van der Waals surface area contributed by atoms with Crippen LogP contribution < -0.4 is 5.32 Å². The average Bonchev–Trinajstić information content (AvgIpc) is 2.54. The topological polar surface area (TPSA) is 24.4 Å². The van der Waals surface area contributed by atoms with Crippen LogP contribution in [0.25, 0.3) is 0 Å². The molecule has 1 saturated carbocycles. The van der Waals surface area contributed by atoms with Gasteiger partial charge in [-0.15, -0.1) is 0 Å². The van der Waals surface area contributed by atoms with Gasteiger partial charge in [-0.1, -0.05) is 66.7 Å². The summed E-state index contributed by atoms with van der Waals surface area (Å²) in [5, 5.41) is 4.73. The highest BCUT2D eigenvalue weighted by Gasteiger charge is 2.36. The largest absolute Gasteiger partial charge is 0.340 e. The van der Waals surface area contributed by atoms with Gasteiger partial charge in [0.05, 0.1) is 5.54 Å². The molecule has 0 bridgehead atoms. The van der Waals surface area contributed by atoms with Crippen molar-refractivity contribution < 1.29 is 0 Å². The summed E-state index contributed by atoms with van der Waals surface area (Å²) in [5.74, 6) is 0.942. The molecule has 4 heteroatoms. The average molecular weight is 359 g/mol. The van der Waals surface area contributed by atoms with E-state index in [9.17, 15) is 0 Å². The number of fused-ring (bicyclic) bond motifs is 1. The van der Waals surface area contributed by atoms with Gasteiger partial charge in [0, 0.05) is 21.3 Å². The Labute approximate surface area is 152 Å². The summed E-state index contributed by atoms with van der Waals surface area (Å²) in [4.78, 5) is 5.19. The van der Waals surface area contributed by atoms with Gasteiger partial charge in [-0.25, -0.2) is 0 Å². The number of benzene rings is 2. The van der Waals surface area contributed by atoms with Crippen LogP contribution in [0.1, 0.15) is 43.2 Å². The predicted octanol–water partition coefficient (Wildman–Crippen LogP) is 6.11. The molecule has 0 aromatic heterocycles. The lowest BCUT2D eigenvalue weighted by Gasteiger charge is -2.38. The minimum atomic E-state index is 0.0529. The lowest BCUT2D eigenvalue weighted by molar-refractivity contribution is 0.294. The first kappa shape index (κ1) is 16.0. The maximum absolute atomic E-state index is 6.15. The Hall–Kier alpha value is -1.51. The second-order valence-corrected chi connectivity index (χ2v) is 7.74. The van der Waals surface area contributed by atoms with Crippen molar-refractivity contribution >= 4 is 34.7 Å². The Morgan fingerprint density at radius 2 is 1.62 bits per heavy atom. The maximum Gasteiger partial charge on any atom is 0.133 e. The third-order valence-electron chi connectivity index (χ3n) is 5.05. The molecule has 124 valence electrons. The van der Waals surface area contributed by atoms with E-state index in [1.54, 1.807) is 6.07 Å². The number of hydrogen-bond donors (Lipinski definition) is 1. The normalized spacial score (nSPS) is 18.8. The summed E-state index contributed by atoms with van der Waals surface area (Å²) in [6, 6.07) is 14.1. The Kier molecular flexibility index (Phi) is 4.28. The molecule has 4 rings (SSSR count). The third-order valence-corrected chi connectivity index (χ3v) is 5.49. The molecule has 1 heterocycles. The molecule has 0 unspecified atom stereocenters. The zero-order valence-electron chi connectivity index (χ0n) is 13.5. The zero-order chi connectivity index (χ0) is 16.6. The number of hydrogen-bond acceptors (Lipinski definition) is 2. The van der Waals surface area contributed by atoms with Gasteiger partial charge >= 0.3 is 0 Å². The van der Waals surface area contributed by atoms with Crippen molar-refractivity contribution in [3.05, 3.63) is 63.6 Å². The number of nitrogens with one attached hydrogen (secondary N) is 1. The summed E-state index contributed by atoms with van der Waals surface area (Å²) in [6.07, 6.45) is 7.24. The van der Waals surface area contributed by atoms with Crippen LogP contribution in [0, 0.1) is 0 Å². The van der Waals surface area contributed by atoms with Gasteiger partial charge in [-0.3, -0.25) is 4.99 Å². The van der Waals surface area contributed by atoms with Crippen LogP contribution in [0.15, 0.2) is 47.5 Å². The summed E-state index contributed by atoms with van der Waals surface area (Å²) in [5.41, 5.74) is 3.50. The summed E-state index contributed by atoms with van der Waals surface area (Å²) in [7, 11) is 0. The van der Waals surface area contributed by atoms with Crippen LogP contribution in [0.5, 0.6) is 0 Å². The van der Waals surface area contributed by atoms with E-state index in [2.05, 4.69) is 29.6 Å². The lowest BCUT2D eigenvalue weighted by Crippen LogP contribution is -2.39. The maximum atomic E-state index is 6.15. The summed E-state index contributed by atoms with van der Waals surface area (Å²) >= 11 is 12.3. The van der Waals surface area contributed by atoms with Crippen molar-refractivity contribution in [3.63, 3.8) is 0 Å². The lowest BCUT2D eigenvalue weighted by atomic mass is 9.75. The number of amidine groups is 1. The van der Waals surface area contributed by atoms with E-state index in [0.717, 1.165) is 17.9 Å². The minimum absolute atomic E-state index is 0.0529. The third kappa shape index (κ3) is 3.18. The highest BCUT2D eigenvalue weighted by molar-refractivity contribution is 6.35. The monoisotopic (exact) mass is 358 g/mol. The van der Waals surface area contributed by atoms with Gasteiger partial charge in [-0.2, -0.15) is 0 Å². The second-order valence-electron chi connectivity index (χ2n) is 6.86. The number of nitrogens with zero attached hydrogens (tertiary/aromatic N) is 1. The van der Waals surface area contributed by atoms with Gasteiger partial charge in [-0.05, 0) is 43.0 Å². The van der Waals surface area contributed by atoms with Crippen molar-refractivity contribution in [2.24, 2.45) is 4.99 Å². The molecule has 0 amide bonds. The van der Waals surface area contributed by atoms with E-state index in [4.69, 9.17) is 28.2 Å². The molecule has 1 aliphatic carbocycles. The van der Waals surface area contributed by atoms with Crippen LogP contribution in [0.4, 0.5) is 5.69 Å². The second kappa shape index (κ2) is 6.42. The van der Waals surface area contributed by atoms with Crippen molar-refractivity contribution in [2.75, 3.05) is 5.32 Å². The highest BCUT2D eigenvalue weighted by Crippen LogP contribution is 2.39. The highest BCUT2D eigenvalue weighted by atomic mass is 35.5. The van der Waals surface area contributed by atoms with E-state index in [1.165, 1.54) is 43.2 Å². The molecule has 0 radical (unpaired) electrons. The summed E-state index contributed by atoms with van der Waals surface area (Å²) < 4.78 is 0. The molecule has 2 aromatic rings. The first-order chi connectivity index (χ1) is 11.6. The molecule has 0 saturated heterocycles. The Bertz CT molecular complexity index is 772. The predicted molar refractivity (Wildman–Crippen MR) is 103 cm³/mol. The molecular formula is C20H20Cl2N2. The Morgan fingerprint density at radius 1 is 0.917 bits per heavy atom. The molecule has 2 nitrogen and oxygen atoms in total. The molecule has 1 N–H and O–H groups in total. The van der Waals surface area contributed by atoms with Gasteiger partial charge in [0.25, 0.3) is 0 Å². The van der Waals surface area contributed by atoms with E-state index in [-0.39, 0.29) is 5.54 Å². The molecule has 24 heavy (non-hydrogen) atoms. The number of halogens is 2. The number of rotatable bonds is 1. The molecule has 1 aliphatic heterocycles. The Balaban J connectivity index is 1.74. The molecule has 2 aromatic carbocycles. The van der Waals surface area contributed by atoms with Gasteiger partial charge in [0.15, 0.2) is 0 Å². The van der Waals surface area contributed by atoms with Crippen LogP contribution in [-0.4, -0.2) is 11.4 Å². The number of anilines is 1. The zero-order valence-corrected chi connectivity index (χ0v) is 15.0. The molecular weight excluding hydrogens is 339 g/mol. The van der Waals surface area contributed by atoms with E-state index in [1.807, 2.05) is 12.1 Å². The summed E-state index contributed by atoms with van der Waals surface area (Å²) in [6.45, 7) is 0. The van der Waals surface area contributed by atoms with Crippen LogP contribution in [0.3, 0.4) is 0 Å². The van der Waals surface area contributed by atoms with Crippen LogP contribution in [0.2, 0.25) is 10.0 Å². The number of aliphatic imine (C=N–C) groups is 1. The molecule has 0 atom stereocenters. The smallest absolute Gasteiger partial charge is 0.133 e. The Morgan fingerprint density at radius 3 is 2.38 bits per heavy atom. The molecule has 1 fully saturated rings. The van der Waals surface area contributed by atoms with E-state index >= 15 is 0 Å². The van der Waals surface area contributed by atoms with Crippen molar-refractivity contribution in [1.82, 2.24) is 0 Å². The van der Waals surface area contributed by atoms with E-state index < -0.39 is 0 Å². The molecule has 1 spiro atoms. The van der Waals surface area contributed by atoms with Crippen molar-refractivity contribution in [3.8, 4) is 0 Å². The molecule has 2 aliphatic rings. The van der Waals surface area contributed by atoms with E-state index in [0.29, 0.717) is 10.0 Å². The van der Waals surface area contributed by atoms with Gasteiger partial charge in [0.1, 0.15) is 5.84 Å². The van der Waals surface area contributed by atoms with Gasteiger partial charge in [0.2, 0.25) is 0 Å². The fourth-order valence-electron chi connectivity index (χ4n) is 3.95. The SMILES string of the molecule is Clc1cc(Cl)cc(NC2=NC3(CCCCC3)Cc3ccccc32)c1. The minimum Gasteiger partial charge on any atom is -0.340 e. The first-order valence-corrected chi connectivity index (χ1v) is 9.30. The van der Waals surface area contributed by atoms with Crippen molar-refractivity contribution in [1.29, 1.82) is 0 Å². The standard InChI is InChI=1S/C20H20Cl2N2/c21-15-10-16(22)12-17(11-15)23-19-18-7-3-2-6-14(18)13-20(24-19)8-4-1-5-9-20/h2-3,6-7,10-12H,1,4-5,8-9,13H2,(H,23,24). The first-order valence-electron chi connectivity index (χ1n) is 8.55. The van der Waals surface area contributed by atoms with Crippen LogP contribution in [-0.2, 0) is 6.42 Å². The van der Waals surface area contributed by atoms with Crippen molar-refractivity contribution in [2.45, 2.75) is 44.1 Å².